The van der Waals surface area contributed by atoms with Gasteiger partial charge in [-0.15, -0.1) is 35.3 Å². The van der Waals surface area contributed by atoms with E-state index in [1.54, 1.807) is 0 Å². The van der Waals surface area contributed by atoms with Crippen molar-refractivity contribution in [3.63, 3.8) is 0 Å². The maximum atomic E-state index is 5.52. The molecule has 1 saturated carbocycles. The fourth-order valence-electron chi connectivity index (χ4n) is 2.83. The molecule has 0 amide bonds. The molecule has 5 nitrogen and oxygen atoms in total. The van der Waals surface area contributed by atoms with Crippen LogP contribution in [0.4, 0.5) is 0 Å². The number of rotatable bonds is 6. The van der Waals surface area contributed by atoms with Gasteiger partial charge in [0.15, 0.2) is 5.96 Å². The van der Waals surface area contributed by atoms with E-state index in [0.29, 0.717) is 12.1 Å². The summed E-state index contributed by atoms with van der Waals surface area (Å²) in [5.74, 6) is 0.960. The Morgan fingerprint density at radius 1 is 1.38 bits per heavy atom. The van der Waals surface area contributed by atoms with E-state index in [4.69, 9.17) is 9.73 Å². The van der Waals surface area contributed by atoms with Crippen LogP contribution in [0.1, 0.15) is 35.6 Å². The van der Waals surface area contributed by atoms with Crippen molar-refractivity contribution in [2.24, 2.45) is 4.99 Å². The van der Waals surface area contributed by atoms with E-state index >= 15 is 0 Å². The molecule has 2 aliphatic rings. The van der Waals surface area contributed by atoms with Gasteiger partial charge in [0.2, 0.25) is 0 Å². The first-order chi connectivity index (χ1) is 11.3. The molecule has 7 heteroatoms. The molecule has 1 aliphatic carbocycles. The standard InChI is InChI=1S/C17H28N4OS.HI/c1-3-18-17(20-14-5-6-14)19-12-15(16-7-4-13(2)23-16)21-8-10-22-11-9-21;/h4,7,14-15H,3,5-6,8-12H2,1-2H3,(H2,18,19,20);1H. The van der Waals surface area contributed by atoms with Crippen molar-refractivity contribution in [2.45, 2.75) is 38.8 Å². The molecule has 0 aromatic carbocycles. The summed E-state index contributed by atoms with van der Waals surface area (Å²) in [4.78, 5) is 10.2. The monoisotopic (exact) mass is 464 g/mol. The normalized spacial score (nSPS) is 20.3. The van der Waals surface area contributed by atoms with Crippen molar-refractivity contribution >= 4 is 41.3 Å². The highest BCUT2D eigenvalue weighted by Crippen LogP contribution is 2.28. The highest BCUT2D eigenvalue weighted by Gasteiger charge is 2.25. The maximum absolute atomic E-state index is 5.52. The Hall–Kier alpha value is -0.380. The minimum atomic E-state index is 0. The molecular weight excluding hydrogens is 435 g/mol. The lowest BCUT2D eigenvalue weighted by molar-refractivity contribution is 0.0186. The predicted octanol–water partition coefficient (Wildman–Crippen LogP) is 2.77. The number of nitrogens with one attached hydrogen (secondary N) is 2. The van der Waals surface area contributed by atoms with Gasteiger partial charge in [-0.05, 0) is 38.8 Å². The van der Waals surface area contributed by atoms with Gasteiger partial charge < -0.3 is 15.4 Å². The van der Waals surface area contributed by atoms with E-state index in [-0.39, 0.29) is 24.0 Å². The SMILES string of the molecule is CCNC(=NCC(c1ccc(C)s1)N1CCOCC1)NC1CC1.I. The summed E-state index contributed by atoms with van der Waals surface area (Å²) >= 11 is 1.89. The summed E-state index contributed by atoms with van der Waals surface area (Å²) in [6, 6.07) is 5.45. The first kappa shape index (κ1) is 19.9. The molecule has 1 saturated heterocycles. The summed E-state index contributed by atoms with van der Waals surface area (Å²) in [5.41, 5.74) is 0. The molecule has 136 valence electrons. The third kappa shape index (κ3) is 5.86. The van der Waals surface area contributed by atoms with Crippen LogP contribution in [0.2, 0.25) is 0 Å². The summed E-state index contributed by atoms with van der Waals surface area (Å²) in [6.45, 7) is 9.61. The summed E-state index contributed by atoms with van der Waals surface area (Å²) < 4.78 is 5.52. The number of thiophene rings is 1. The van der Waals surface area contributed by atoms with E-state index in [0.717, 1.165) is 45.4 Å². The van der Waals surface area contributed by atoms with Crippen LogP contribution in [-0.4, -0.2) is 56.3 Å². The molecule has 0 bridgehead atoms. The summed E-state index contributed by atoms with van der Waals surface area (Å²) in [6.07, 6.45) is 2.53. The number of hydrogen-bond acceptors (Lipinski definition) is 4. The van der Waals surface area contributed by atoms with Crippen LogP contribution in [0.25, 0.3) is 0 Å². The molecule has 24 heavy (non-hydrogen) atoms. The van der Waals surface area contributed by atoms with Crippen molar-refractivity contribution in [1.29, 1.82) is 0 Å². The van der Waals surface area contributed by atoms with E-state index in [1.165, 1.54) is 22.6 Å². The van der Waals surface area contributed by atoms with Crippen LogP contribution in [0.15, 0.2) is 17.1 Å². The molecule has 1 atom stereocenters. The van der Waals surface area contributed by atoms with Crippen LogP contribution in [-0.2, 0) is 4.74 Å². The first-order valence-corrected chi connectivity index (χ1v) is 9.51. The smallest absolute Gasteiger partial charge is 0.191 e. The maximum Gasteiger partial charge on any atom is 0.191 e. The molecule has 0 radical (unpaired) electrons. The predicted molar refractivity (Wildman–Crippen MR) is 112 cm³/mol. The fraction of sp³-hybridized carbons (Fsp3) is 0.706. The Balaban J connectivity index is 0.00000208. The van der Waals surface area contributed by atoms with Gasteiger partial charge in [0.05, 0.1) is 25.8 Å². The lowest BCUT2D eigenvalue weighted by Crippen LogP contribution is -2.42. The summed E-state index contributed by atoms with van der Waals surface area (Å²) in [7, 11) is 0. The molecule has 1 aromatic rings. The number of morpholine rings is 1. The zero-order valence-electron chi connectivity index (χ0n) is 14.6. The Morgan fingerprint density at radius 3 is 2.71 bits per heavy atom. The van der Waals surface area contributed by atoms with Crippen LogP contribution in [0, 0.1) is 6.92 Å². The van der Waals surface area contributed by atoms with E-state index in [1.807, 2.05) is 11.3 Å². The average Bonchev–Trinajstić information content (AvgIpc) is 3.28. The van der Waals surface area contributed by atoms with Crippen LogP contribution in [0.3, 0.4) is 0 Å². The van der Waals surface area contributed by atoms with Gasteiger partial charge in [0.25, 0.3) is 0 Å². The third-order valence-electron chi connectivity index (χ3n) is 4.26. The largest absolute Gasteiger partial charge is 0.379 e. The number of nitrogens with zero attached hydrogens (tertiary/aromatic N) is 2. The lowest BCUT2D eigenvalue weighted by Gasteiger charge is -2.33. The number of guanidine groups is 1. The van der Waals surface area contributed by atoms with Crippen molar-refractivity contribution in [2.75, 3.05) is 39.4 Å². The van der Waals surface area contributed by atoms with Crippen LogP contribution in [0.5, 0.6) is 0 Å². The highest BCUT2D eigenvalue weighted by molar-refractivity contribution is 14.0. The molecule has 1 aromatic heterocycles. The van der Waals surface area contributed by atoms with E-state index in [2.05, 4.69) is 41.5 Å². The third-order valence-corrected chi connectivity index (χ3v) is 5.36. The van der Waals surface area contributed by atoms with Crippen molar-refractivity contribution in [3.8, 4) is 0 Å². The van der Waals surface area contributed by atoms with Gasteiger partial charge >= 0.3 is 0 Å². The van der Waals surface area contributed by atoms with Gasteiger partial charge in [-0.1, -0.05) is 0 Å². The molecule has 2 heterocycles. The molecule has 3 rings (SSSR count). The quantitative estimate of drug-likeness (QED) is 0.386. The number of halogens is 1. The lowest BCUT2D eigenvalue weighted by atomic mass is 10.2. The Kier molecular flexibility index (Phi) is 8.25. The zero-order valence-corrected chi connectivity index (χ0v) is 17.7. The zero-order chi connectivity index (χ0) is 16.1. The van der Waals surface area contributed by atoms with Crippen molar-refractivity contribution < 1.29 is 4.74 Å². The Morgan fingerprint density at radius 2 is 2.12 bits per heavy atom. The molecule has 2 N–H and O–H groups in total. The second-order valence-electron chi connectivity index (χ2n) is 6.25. The molecule has 2 fully saturated rings. The van der Waals surface area contributed by atoms with E-state index in [9.17, 15) is 0 Å². The number of aryl methyl sites for hydroxylation is 1. The molecule has 1 unspecified atom stereocenters. The van der Waals surface area contributed by atoms with Crippen molar-refractivity contribution in [3.05, 3.63) is 21.9 Å². The van der Waals surface area contributed by atoms with Gasteiger partial charge in [0.1, 0.15) is 0 Å². The number of ether oxygens (including phenoxy) is 1. The molecule has 0 spiro atoms. The highest BCUT2D eigenvalue weighted by atomic mass is 127. The Bertz CT molecular complexity index is 526. The topological polar surface area (TPSA) is 48.9 Å². The van der Waals surface area contributed by atoms with E-state index < -0.39 is 0 Å². The van der Waals surface area contributed by atoms with Gasteiger partial charge in [0, 0.05) is 35.4 Å². The van der Waals surface area contributed by atoms with Gasteiger partial charge in [-0.25, -0.2) is 0 Å². The van der Waals surface area contributed by atoms with Crippen LogP contribution < -0.4 is 10.6 Å². The molecular formula is C17H29IN4OS. The average molecular weight is 464 g/mol. The fourth-order valence-corrected chi connectivity index (χ4v) is 3.83. The number of aliphatic imine (C=N–C) groups is 1. The first-order valence-electron chi connectivity index (χ1n) is 8.69. The van der Waals surface area contributed by atoms with Crippen LogP contribution >= 0.6 is 35.3 Å². The van der Waals surface area contributed by atoms with Crippen molar-refractivity contribution in [1.82, 2.24) is 15.5 Å². The van der Waals surface area contributed by atoms with Gasteiger partial charge in [-0.3, -0.25) is 9.89 Å². The second kappa shape index (κ2) is 9.94. The second-order valence-corrected chi connectivity index (χ2v) is 7.57. The minimum absolute atomic E-state index is 0. The number of hydrogen-bond donors (Lipinski definition) is 2. The Labute approximate surface area is 166 Å². The molecule has 1 aliphatic heterocycles. The minimum Gasteiger partial charge on any atom is -0.379 e. The van der Waals surface area contributed by atoms with Gasteiger partial charge in [-0.2, -0.15) is 0 Å². The summed E-state index contributed by atoms with van der Waals surface area (Å²) in [5, 5.41) is 6.87.